The SMILES string of the molecule is CC(=O)c1cccc(OCC(=O)Nc2nc(C)c(Cc3ccc4c(c3)OCO4)s2)c1. The van der Waals surface area contributed by atoms with E-state index < -0.39 is 0 Å². The van der Waals surface area contributed by atoms with Gasteiger partial charge in [0.15, 0.2) is 29.0 Å². The number of hydrogen-bond donors (Lipinski definition) is 1. The maximum atomic E-state index is 12.2. The van der Waals surface area contributed by atoms with Crippen LogP contribution in [-0.4, -0.2) is 30.1 Å². The normalized spacial score (nSPS) is 11.9. The molecule has 0 saturated heterocycles. The van der Waals surface area contributed by atoms with Gasteiger partial charge in [-0.1, -0.05) is 18.2 Å². The van der Waals surface area contributed by atoms with E-state index in [2.05, 4.69) is 10.3 Å². The summed E-state index contributed by atoms with van der Waals surface area (Å²) in [5, 5.41) is 3.29. The first kappa shape index (κ1) is 19.9. The highest BCUT2D eigenvalue weighted by atomic mass is 32.1. The number of thiazole rings is 1. The van der Waals surface area contributed by atoms with E-state index in [9.17, 15) is 9.59 Å². The number of hydrogen-bond acceptors (Lipinski definition) is 7. The molecule has 4 rings (SSSR count). The summed E-state index contributed by atoms with van der Waals surface area (Å²) >= 11 is 1.43. The molecule has 2 aromatic carbocycles. The lowest BCUT2D eigenvalue weighted by Crippen LogP contribution is -2.20. The van der Waals surface area contributed by atoms with Crippen molar-refractivity contribution in [1.29, 1.82) is 0 Å². The monoisotopic (exact) mass is 424 g/mol. The van der Waals surface area contributed by atoms with Gasteiger partial charge >= 0.3 is 0 Å². The Balaban J connectivity index is 1.35. The van der Waals surface area contributed by atoms with E-state index in [0.29, 0.717) is 22.9 Å². The Morgan fingerprint density at radius 3 is 2.83 bits per heavy atom. The predicted molar refractivity (Wildman–Crippen MR) is 113 cm³/mol. The second-order valence-corrected chi connectivity index (χ2v) is 7.90. The maximum Gasteiger partial charge on any atom is 0.264 e. The van der Waals surface area contributed by atoms with Crippen LogP contribution in [0.5, 0.6) is 17.2 Å². The molecule has 0 atom stereocenters. The largest absolute Gasteiger partial charge is 0.484 e. The summed E-state index contributed by atoms with van der Waals surface area (Å²) in [6.45, 7) is 3.48. The third kappa shape index (κ3) is 4.60. The topological polar surface area (TPSA) is 86.8 Å². The number of carbonyl (C=O) groups is 2. The van der Waals surface area contributed by atoms with E-state index in [1.165, 1.54) is 18.3 Å². The molecule has 0 saturated carbocycles. The highest BCUT2D eigenvalue weighted by Crippen LogP contribution is 2.34. The minimum absolute atomic E-state index is 0.0573. The highest BCUT2D eigenvalue weighted by Gasteiger charge is 2.16. The molecule has 1 aromatic heterocycles. The summed E-state index contributed by atoms with van der Waals surface area (Å²) in [4.78, 5) is 29.2. The van der Waals surface area contributed by atoms with Gasteiger partial charge in [0.25, 0.3) is 5.91 Å². The zero-order valence-electron chi connectivity index (χ0n) is 16.6. The average Bonchev–Trinajstić information content (AvgIpc) is 3.32. The zero-order chi connectivity index (χ0) is 21.1. The number of aryl methyl sites for hydroxylation is 1. The first-order valence-corrected chi connectivity index (χ1v) is 10.2. The fourth-order valence-corrected chi connectivity index (χ4v) is 4.00. The number of ether oxygens (including phenoxy) is 3. The smallest absolute Gasteiger partial charge is 0.264 e. The van der Waals surface area contributed by atoms with Gasteiger partial charge in [0.05, 0.1) is 5.69 Å². The summed E-state index contributed by atoms with van der Waals surface area (Å²) < 4.78 is 16.3. The molecule has 0 unspecified atom stereocenters. The lowest BCUT2D eigenvalue weighted by Gasteiger charge is -2.06. The molecule has 0 spiro atoms. The summed E-state index contributed by atoms with van der Waals surface area (Å²) in [6.07, 6.45) is 0.685. The van der Waals surface area contributed by atoms with E-state index in [0.717, 1.165) is 27.6 Å². The van der Waals surface area contributed by atoms with Gasteiger partial charge in [-0.25, -0.2) is 4.98 Å². The Kier molecular flexibility index (Phi) is 5.67. The molecule has 1 amide bonds. The number of ketones is 1. The Morgan fingerprint density at radius 2 is 2.00 bits per heavy atom. The molecule has 0 aliphatic carbocycles. The number of aromatic nitrogens is 1. The van der Waals surface area contributed by atoms with Crippen molar-refractivity contribution in [1.82, 2.24) is 4.98 Å². The minimum Gasteiger partial charge on any atom is -0.484 e. The van der Waals surface area contributed by atoms with Crippen LogP contribution in [0.15, 0.2) is 42.5 Å². The Hall–Kier alpha value is -3.39. The van der Waals surface area contributed by atoms with Gasteiger partial charge in [-0.2, -0.15) is 0 Å². The standard InChI is InChI=1S/C22H20N2O5S/c1-13-20(9-15-6-7-18-19(8-15)29-12-28-18)30-22(23-13)24-21(26)11-27-17-5-3-4-16(10-17)14(2)25/h3-8,10H,9,11-12H2,1-2H3,(H,23,24,26). The van der Waals surface area contributed by atoms with E-state index in [4.69, 9.17) is 14.2 Å². The third-order valence-corrected chi connectivity index (χ3v) is 5.62. The van der Waals surface area contributed by atoms with Crippen LogP contribution in [0.1, 0.15) is 33.4 Å². The third-order valence-electron chi connectivity index (χ3n) is 4.55. The number of amides is 1. The molecule has 0 bridgehead atoms. The number of rotatable bonds is 7. The van der Waals surface area contributed by atoms with Crippen LogP contribution in [0, 0.1) is 6.92 Å². The van der Waals surface area contributed by atoms with Gasteiger partial charge in [0, 0.05) is 16.9 Å². The quantitative estimate of drug-likeness (QED) is 0.577. The molecule has 0 radical (unpaired) electrons. The van der Waals surface area contributed by atoms with Gasteiger partial charge in [0.1, 0.15) is 5.75 Å². The maximum absolute atomic E-state index is 12.2. The lowest BCUT2D eigenvalue weighted by atomic mass is 10.1. The number of fused-ring (bicyclic) bond motifs is 1. The van der Waals surface area contributed by atoms with Gasteiger partial charge in [0.2, 0.25) is 6.79 Å². The van der Waals surface area contributed by atoms with Gasteiger partial charge in [-0.3, -0.25) is 14.9 Å². The van der Waals surface area contributed by atoms with Crippen molar-refractivity contribution < 1.29 is 23.8 Å². The molecule has 1 N–H and O–H groups in total. The van der Waals surface area contributed by atoms with Crippen LogP contribution >= 0.6 is 11.3 Å². The fraction of sp³-hybridized carbons (Fsp3) is 0.227. The van der Waals surface area contributed by atoms with Gasteiger partial charge in [-0.15, -0.1) is 11.3 Å². The number of Topliss-reactive ketones (excluding diaryl/α,β-unsaturated/α-hetero) is 1. The number of anilines is 1. The zero-order valence-corrected chi connectivity index (χ0v) is 17.4. The number of nitrogens with zero attached hydrogens (tertiary/aromatic N) is 1. The molecule has 1 aliphatic heterocycles. The van der Waals surface area contributed by atoms with Crippen LogP contribution in [0.4, 0.5) is 5.13 Å². The predicted octanol–water partition coefficient (Wildman–Crippen LogP) is 3.99. The second kappa shape index (κ2) is 8.54. The van der Waals surface area contributed by atoms with E-state index in [1.54, 1.807) is 24.3 Å². The molecule has 8 heteroatoms. The van der Waals surface area contributed by atoms with E-state index in [1.807, 2.05) is 25.1 Å². The van der Waals surface area contributed by atoms with Crippen molar-refractivity contribution in [2.75, 3.05) is 18.7 Å². The Labute approximate surface area is 177 Å². The van der Waals surface area contributed by atoms with E-state index >= 15 is 0 Å². The molecule has 0 fully saturated rings. The molecule has 3 aromatic rings. The average molecular weight is 424 g/mol. The van der Waals surface area contributed by atoms with Crippen molar-refractivity contribution in [2.45, 2.75) is 20.3 Å². The molecule has 7 nitrogen and oxygen atoms in total. The van der Waals surface area contributed by atoms with Crippen LogP contribution in [0.25, 0.3) is 0 Å². The van der Waals surface area contributed by atoms with Crippen LogP contribution in [0.3, 0.4) is 0 Å². The first-order valence-electron chi connectivity index (χ1n) is 9.36. The fourth-order valence-electron chi connectivity index (χ4n) is 2.99. The molecular weight excluding hydrogens is 404 g/mol. The first-order chi connectivity index (χ1) is 14.5. The molecule has 30 heavy (non-hydrogen) atoms. The summed E-state index contributed by atoms with van der Waals surface area (Å²) in [6, 6.07) is 12.6. The lowest BCUT2D eigenvalue weighted by molar-refractivity contribution is -0.118. The van der Waals surface area contributed by atoms with Crippen LogP contribution in [-0.2, 0) is 11.2 Å². The van der Waals surface area contributed by atoms with Crippen LogP contribution in [0.2, 0.25) is 0 Å². The Morgan fingerprint density at radius 1 is 1.17 bits per heavy atom. The Bertz CT molecular complexity index is 1110. The summed E-state index contributed by atoms with van der Waals surface area (Å²) in [5.41, 5.74) is 2.48. The van der Waals surface area contributed by atoms with Gasteiger partial charge in [-0.05, 0) is 43.7 Å². The summed E-state index contributed by atoms with van der Waals surface area (Å²) in [5.74, 6) is 1.59. The molecule has 154 valence electrons. The van der Waals surface area contributed by atoms with Crippen molar-refractivity contribution in [2.24, 2.45) is 0 Å². The molecular formula is C22H20N2O5S. The number of nitrogens with one attached hydrogen (secondary N) is 1. The second-order valence-electron chi connectivity index (χ2n) is 6.81. The minimum atomic E-state index is -0.313. The van der Waals surface area contributed by atoms with Crippen molar-refractivity contribution in [3.05, 3.63) is 64.2 Å². The van der Waals surface area contributed by atoms with E-state index in [-0.39, 0.29) is 25.1 Å². The number of carbonyl (C=O) groups excluding carboxylic acids is 2. The van der Waals surface area contributed by atoms with Crippen molar-refractivity contribution in [3.8, 4) is 17.2 Å². The van der Waals surface area contributed by atoms with Crippen LogP contribution < -0.4 is 19.5 Å². The molecule has 2 heterocycles. The van der Waals surface area contributed by atoms with Crippen molar-refractivity contribution in [3.63, 3.8) is 0 Å². The van der Waals surface area contributed by atoms with Gasteiger partial charge < -0.3 is 14.2 Å². The molecule has 1 aliphatic rings. The summed E-state index contributed by atoms with van der Waals surface area (Å²) in [7, 11) is 0. The number of benzene rings is 2. The highest BCUT2D eigenvalue weighted by molar-refractivity contribution is 7.15. The van der Waals surface area contributed by atoms with Crippen molar-refractivity contribution >= 4 is 28.2 Å².